The molecule has 3 amide bonds. The lowest BCUT2D eigenvalue weighted by molar-refractivity contribution is -0.119. The van der Waals surface area contributed by atoms with Gasteiger partial charge in [-0.25, -0.2) is 9.18 Å². The second-order valence-electron chi connectivity index (χ2n) is 7.89. The van der Waals surface area contributed by atoms with Crippen molar-refractivity contribution in [3.05, 3.63) is 42.0 Å². The van der Waals surface area contributed by atoms with Crippen molar-refractivity contribution < 1.29 is 14.0 Å². The molecule has 7 nitrogen and oxygen atoms in total. The second-order valence-corrected chi connectivity index (χ2v) is 7.89. The number of urea groups is 1. The van der Waals surface area contributed by atoms with Crippen LogP contribution >= 0.6 is 0 Å². The Hall–Kier alpha value is -2.90. The van der Waals surface area contributed by atoms with Crippen LogP contribution in [-0.4, -0.2) is 40.1 Å². The third kappa shape index (κ3) is 4.58. The summed E-state index contributed by atoms with van der Waals surface area (Å²) in [5.41, 5.74) is 2.00. The lowest BCUT2D eigenvalue weighted by atomic mass is 9.94. The molecule has 154 valence electrons. The van der Waals surface area contributed by atoms with E-state index in [4.69, 9.17) is 0 Å². The quantitative estimate of drug-likeness (QED) is 0.723. The number of H-pyrrole nitrogens is 1. The molecule has 29 heavy (non-hydrogen) atoms. The maximum atomic E-state index is 13.4. The van der Waals surface area contributed by atoms with Crippen molar-refractivity contribution in [2.24, 2.45) is 5.92 Å². The number of likely N-dealkylation sites (tertiary alicyclic amines) is 1. The van der Waals surface area contributed by atoms with Gasteiger partial charge in [0.25, 0.3) is 0 Å². The number of nitrogens with zero attached hydrogens (tertiary/aromatic N) is 2. The van der Waals surface area contributed by atoms with Crippen molar-refractivity contribution in [1.29, 1.82) is 0 Å². The van der Waals surface area contributed by atoms with Crippen LogP contribution in [0.1, 0.15) is 50.1 Å². The molecule has 2 aliphatic rings. The maximum Gasteiger partial charge on any atom is 0.321 e. The molecular weight excluding hydrogens is 373 g/mol. The number of anilines is 2. The topological polar surface area (TPSA) is 90.1 Å². The molecule has 0 unspecified atom stereocenters. The second kappa shape index (κ2) is 8.63. The fourth-order valence-corrected chi connectivity index (χ4v) is 4.30. The summed E-state index contributed by atoms with van der Waals surface area (Å²) < 4.78 is 13.4. The molecule has 2 heterocycles. The normalized spacial score (nSPS) is 19.9. The van der Waals surface area contributed by atoms with Crippen LogP contribution in [0.15, 0.2) is 30.5 Å². The Labute approximate surface area is 169 Å². The van der Waals surface area contributed by atoms with E-state index >= 15 is 0 Å². The molecule has 1 aliphatic carbocycles. The number of halogens is 1. The van der Waals surface area contributed by atoms with Crippen LogP contribution in [0.25, 0.3) is 0 Å². The number of aromatic nitrogens is 2. The molecule has 3 N–H and O–H groups in total. The third-order valence-corrected chi connectivity index (χ3v) is 5.85. The molecule has 0 radical (unpaired) electrons. The summed E-state index contributed by atoms with van der Waals surface area (Å²) in [6.07, 6.45) is 7.48. The van der Waals surface area contributed by atoms with Crippen molar-refractivity contribution in [2.75, 3.05) is 23.7 Å². The van der Waals surface area contributed by atoms with E-state index in [1.165, 1.54) is 12.1 Å². The van der Waals surface area contributed by atoms with E-state index in [1.807, 2.05) is 0 Å². The van der Waals surface area contributed by atoms with Gasteiger partial charge in [-0.1, -0.05) is 18.9 Å². The number of amides is 3. The Morgan fingerprint density at radius 2 is 1.97 bits per heavy atom. The minimum atomic E-state index is -0.389. The molecule has 8 heteroatoms. The van der Waals surface area contributed by atoms with E-state index in [0.29, 0.717) is 24.5 Å². The summed E-state index contributed by atoms with van der Waals surface area (Å²) in [6.45, 7) is 1.14. The highest BCUT2D eigenvalue weighted by Crippen LogP contribution is 2.32. The average Bonchev–Trinajstić information content (AvgIpc) is 3.40. The summed E-state index contributed by atoms with van der Waals surface area (Å²) >= 11 is 0. The number of aromatic amines is 1. The minimum Gasteiger partial charge on any atom is -0.324 e. The molecule has 2 fully saturated rings. The van der Waals surface area contributed by atoms with Gasteiger partial charge in [-0.3, -0.25) is 9.89 Å². The molecule has 4 rings (SSSR count). The van der Waals surface area contributed by atoms with Crippen LogP contribution < -0.4 is 10.6 Å². The minimum absolute atomic E-state index is 0.0571. The van der Waals surface area contributed by atoms with Gasteiger partial charge >= 0.3 is 6.03 Å². The zero-order chi connectivity index (χ0) is 20.2. The highest BCUT2D eigenvalue weighted by molar-refractivity contribution is 5.93. The van der Waals surface area contributed by atoms with Gasteiger partial charge in [-0.15, -0.1) is 0 Å². The maximum absolute atomic E-state index is 13.4. The third-order valence-electron chi connectivity index (χ3n) is 5.85. The van der Waals surface area contributed by atoms with Gasteiger partial charge < -0.3 is 15.5 Å². The van der Waals surface area contributed by atoms with E-state index in [9.17, 15) is 14.0 Å². The molecule has 1 aliphatic heterocycles. The fourth-order valence-electron chi connectivity index (χ4n) is 4.30. The molecule has 0 bridgehead atoms. The van der Waals surface area contributed by atoms with Gasteiger partial charge in [0, 0.05) is 30.6 Å². The number of nitrogens with one attached hydrogen (secondary N) is 3. The molecular formula is C21H26FN5O2. The summed E-state index contributed by atoms with van der Waals surface area (Å²) in [4.78, 5) is 26.8. The Morgan fingerprint density at radius 1 is 1.14 bits per heavy atom. The zero-order valence-electron chi connectivity index (χ0n) is 16.3. The van der Waals surface area contributed by atoms with Crippen LogP contribution in [0.4, 0.5) is 20.6 Å². The lowest BCUT2D eigenvalue weighted by Gasteiger charge is -2.32. The van der Waals surface area contributed by atoms with Gasteiger partial charge in [0.05, 0.1) is 17.6 Å². The molecule has 0 spiro atoms. The van der Waals surface area contributed by atoms with Crippen LogP contribution in [0.5, 0.6) is 0 Å². The molecule has 1 aromatic carbocycles. The van der Waals surface area contributed by atoms with Crippen molar-refractivity contribution in [3.8, 4) is 0 Å². The van der Waals surface area contributed by atoms with Crippen LogP contribution in [-0.2, 0) is 4.79 Å². The van der Waals surface area contributed by atoms with Gasteiger partial charge in [0.15, 0.2) is 0 Å². The number of hydrogen-bond donors (Lipinski definition) is 3. The summed E-state index contributed by atoms with van der Waals surface area (Å²) in [7, 11) is 0. The summed E-state index contributed by atoms with van der Waals surface area (Å²) in [5, 5.41) is 12.9. The van der Waals surface area contributed by atoms with Gasteiger partial charge in [-0.2, -0.15) is 5.10 Å². The molecule has 1 atom stereocenters. The van der Waals surface area contributed by atoms with Crippen molar-refractivity contribution in [3.63, 3.8) is 0 Å². The zero-order valence-corrected chi connectivity index (χ0v) is 16.3. The SMILES string of the molecule is O=C(Nc1cn[nH]c1[C@@H]1CCCN(C(=O)Nc2cccc(F)c2)C1)C1CCCC1. The number of piperidine rings is 1. The highest BCUT2D eigenvalue weighted by atomic mass is 19.1. The van der Waals surface area contributed by atoms with E-state index in [-0.39, 0.29) is 29.6 Å². The first-order valence-electron chi connectivity index (χ1n) is 10.3. The predicted molar refractivity (Wildman–Crippen MR) is 108 cm³/mol. The van der Waals surface area contributed by atoms with Crippen LogP contribution in [0.2, 0.25) is 0 Å². The van der Waals surface area contributed by atoms with E-state index in [2.05, 4.69) is 20.8 Å². The van der Waals surface area contributed by atoms with Crippen LogP contribution in [0, 0.1) is 11.7 Å². The fraction of sp³-hybridized carbons (Fsp3) is 0.476. The summed E-state index contributed by atoms with van der Waals surface area (Å²) in [5.74, 6) is -0.192. The van der Waals surface area contributed by atoms with Crippen molar-refractivity contribution in [1.82, 2.24) is 15.1 Å². The van der Waals surface area contributed by atoms with Crippen molar-refractivity contribution in [2.45, 2.75) is 44.4 Å². The van der Waals surface area contributed by atoms with E-state index in [0.717, 1.165) is 44.2 Å². The lowest BCUT2D eigenvalue weighted by Crippen LogP contribution is -2.41. The van der Waals surface area contributed by atoms with Gasteiger partial charge in [0.2, 0.25) is 5.91 Å². The number of carbonyl (C=O) groups excluding carboxylic acids is 2. The predicted octanol–water partition coefficient (Wildman–Crippen LogP) is 4.09. The standard InChI is InChI=1S/C21H26FN5O2/c22-16-8-3-9-17(11-16)24-21(29)27-10-4-7-15(13-27)19-18(12-23-26-19)25-20(28)14-5-1-2-6-14/h3,8-9,11-12,14-15H,1-2,4-7,10,13H2,(H,23,26)(H,24,29)(H,25,28)/t15-/m1/s1. The van der Waals surface area contributed by atoms with Gasteiger partial charge in [-0.05, 0) is 43.9 Å². The molecule has 1 saturated carbocycles. The highest BCUT2D eigenvalue weighted by Gasteiger charge is 2.29. The largest absolute Gasteiger partial charge is 0.324 e. The Morgan fingerprint density at radius 3 is 2.76 bits per heavy atom. The molecule has 1 saturated heterocycles. The first-order valence-corrected chi connectivity index (χ1v) is 10.3. The Kier molecular flexibility index (Phi) is 5.78. The number of rotatable bonds is 4. The smallest absolute Gasteiger partial charge is 0.321 e. The van der Waals surface area contributed by atoms with E-state index in [1.54, 1.807) is 23.2 Å². The Balaban J connectivity index is 1.40. The first-order chi connectivity index (χ1) is 14.1. The monoisotopic (exact) mass is 399 g/mol. The first kappa shape index (κ1) is 19.4. The number of benzene rings is 1. The molecule has 2 aromatic rings. The number of hydrogen-bond acceptors (Lipinski definition) is 3. The Bertz CT molecular complexity index is 877. The summed E-state index contributed by atoms with van der Waals surface area (Å²) in [6, 6.07) is 5.61. The van der Waals surface area contributed by atoms with E-state index < -0.39 is 0 Å². The average molecular weight is 399 g/mol. The molecule has 1 aromatic heterocycles. The number of carbonyl (C=O) groups is 2. The van der Waals surface area contributed by atoms with Gasteiger partial charge in [0.1, 0.15) is 5.82 Å². The van der Waals surface area contributed by atoms with Crippen molar-refractivity contribution >= 4 is 23.3 Å². The van der Waals surface area contributed by atoms with Crippen LogP contribution in [0.3, 0.4) is 0 Å².